The van der Waals surface area contributed by atoms with Gasteiger partial charge in [-0.05, 0) is 18.6 Å². The van der Waals surface area contributed by atoms with Gasteiger partial charge in [0.1, 0.15) is 11.5 Å². The van der Waals surface area contributed by atoms with E-state index in [1.807, 2.05) is 0 Å². The number of nitrogens with zero attached hydrogens (tertiary/aromatic N) is 1. The zero-order valence-corrected chi connectivity index (χ0v) is 10.9. The van der Waals surface area contributed by atoms with E-state index in [-0.39, 0.29) is 5.69 Å². The molecule has 0 atom stereocenters. The van der Waals surface area contributed by atoms with E-state index in [4.69, 9.17) is 0 Å². The summed E-state index contributed by atoms with van der Waals surface area (Å²) in [6, 6.07) is 2.42. The summed E-state index contributed by atoms with van der Waals surface area (Å²) in [6.45, 7) is 5.77. The third-order valence-electron chi connectivity index (χ3n) is 2.27. The van der Waals surface area contributed by atoms with Gasteiger partial charge in [0.2, 0.25) is 0 Å². The highest BCUT2D eigenvalue weighted by molar-refractivity contribution is 7.99. The molecule has 0 amide bonds. The molecule has 98 valence electrons. The Balaban J connectivity index is 2.71. The average Bonchev–Trinajstić information content (AvgIpc) is 2.32. The maximum Gasteiger partial charge on any atom is 0.295 e. The van der Waals surface area contributed by atoms with Crippen LogP contribution < -0.4 is 5.32 Å². The van der Waals surface area contributed by atoms with E-state index >= 15 is 0 Å². The number of halogens is 1. The SMILES string of the molecule is C=CCSCCNc1cc(C)c(F)cc1[N+](=O)[O-]. The Bertz CT molecular complexity index is 452. The molecular weight excluding hydrogens is 255 g/mol. The van der Waals surface area contributed by atoms with Crippen LogP contribution in [-0.2, 0) is 0 Å². The monoisotopic (exact) mass is 270 g/mol. The maximum atomic E-state index is 13.3. The van der Waals surface area contributed by atoms with Crippen LogP contribution in [0.3, 0.4) is 0 Å². The van der Waals surface area contributed by atoms with Gasteiger partial charge in [-0.2, -0.15) is 11.8 Å². The molecule has 1 aromatic carbocycles. The number of aryl methyl sites for hydroxylation is 1. The van der Waals surface area contributed by atoms with Gasteiger partial charge < -0.3 is 5.32 Å². The molecule has 0 spiro atoms. The van der Waals surface area contributed by atoms with Gasteiger partial charge in [-0.25, -0.2) is 4.39 Å². The summed E-state index contributed by atoms with van der Waals surface area (Å²) in [5.41, 5.74) is 0.520. The van der Waals surface area contributed by atoms with E-state index in [1.165, 1.54) is 6.07 Å². The highest BCUT2D eigenvalue weighted by Crippen LogP contribution is 2.27. The maximum absolute atomic E-state index is 13.3. The van der Waals surface area contributed by atoms with Crippen LogP contribution in [0.15, 0.2) is 24.8 Å². The molecule has 1 rings (SSSR count). The van der Waals surface area contributed by atoms with E-state index < -0.39 is 10.7 Å². The van der Waals surface area contributed by atoms with Crippen LogP contribution in [0.2, 0.25) is 0 Å². The number of nitro groups is 1. The number of hydrogen-bond donors (Lipinski definition) is 1. The summed E-state index contributed by atoms with van der Waals surface area (Å²) in [7, 11) is 0. The fourth-order valence-corrected chi connectivity index (χ4v) is 1.97. The number of thioether (sulfide) groups is 1. The summed E-state index contributed by atoms with van der Waals surface area (Å²) in [5, 5.41) is 13.8. The zero-order chi connectivity index (χ0) is 13.5. The molecule has 0 saturated heterocycles. The third kappa shape index (κ3) is 4.03. The van der Waals surface area contributed by atoms with Gasteiger partial charge in [0.25, 0.3) is 5.69 Å². The third-order valence-corrected chi connectivity index (χ3v) is 3.24. The second-order valence-corrected chi connectivity index (χ2v) is 4.82. The van der Waals surface area contributed by atoms with Crippen molar-refractivity contribution >= 4 is 23.1 Å². The highest BCUT2D eigenvalue weighted by Gasteiger charge is 2.16. The minimum atomic E-state index is -0.582. The summed E-state index contributed by atoms with van der Waals surface area (Å²) < 4.78 is 13.3. The number of nitrogens with one attached hydrogen (secondary N) is 1. The molecule has 1 N–H and O–H groups in total. The molecule has 0 unspecified atom stereocenters. The number of nitro benzene ring substituents is 1. The highest BCUT2D eigenvalue weighted by atomic mass is 32.2. The quantitative estimate of drug-likeness (QED) is 0.357. The second-order valence-electron chi connectivity index (χ2n) is 3.67. The predicted molar refractivity (Wildman–Crippen MR) is 73.8 cm³/mol. The fourth-order valence-electron chi connectivity index (χ4n) is 1.39. The lowest BCUT2D eigenvalue weighted by molar-refractivity contribution is -0.384. The molecule has 0 aromatic heterocycles. The topological polar surface area (TPSA) is 55.2 Å². The Morgan fingerprint density at radius 2 is 2.33 bits per heavy atom. The van der Waals surface area contributed by atoms with Crippen molar-refractivity contribution < 1.29 is 9.31 Å². The second kappa shape index (κ2) is 7.00. The van der Waals surface area contributed by atoms with E-state index in [0.717, 1.165) is 17.6 Å². The predicted octanol–water partition coefficient (Wildman–Crippen LogP) is 3.37. The van der Waals surface area contributed by atoms with E-state index in [9.17, 15) is 14.5 Å². The van der Waals surface area contributed by atoms with Gasteiger partial charge >= 0.3 is 0 Å². The molecule has 0 heterocycles. The largest absolute Gasteiger partial charge is 0.379 e. The van der Waals surface area contributed by atoms with E-state index in [1.54, 1.807) is 24.8 Å². The molecule has 1 aromatic rings. The van der Waals surface area contributed by atoms with Gasteiger partial charge in [-0.1, -0.05) is 6.08 Å². The average molecular weight is 270 g/mol. The van der Waals surface area contributed by atoms with Gasteiger partial charge in [0.05, 0.1) is 11.0 Å². The Morgan fingerprint density at radius 1 is 1.61 bits per heavy atom. The van der Waals surface area contributed by atoms with Gasteiger partial charge in [-0.15, -0.1) is 6.58 Å². The van der Waals surface area contributed by atoms with E-state index in [2.05, 4.69) is 11.9 Å². The van der Waals surface area contributed by atoms with Crippen LogP contribution >= 0.6 is 11.8 Å². The van der Waals surface area contributed by atoms with Crippen molar-refractivity contribution in [2.75, 3.05) is 23.4 Å². The molecule has 0 fully saturated rings. The Kier molecular flexibility index (Phi) is 5.64. The first-order valence-corrected chi connectivity index (χ1v) is 6.58. The molecule has 0 radical (unpaired) electrons. The smallest absolute Gasteiger partial charge is 0.295 e. The first-order valence-electron chi connectivity index (χ1n) is 5.43. The first-order chi connectivity index (χ1) is 8.56. The van der Waals surface area contributed by atoms with Crippen LogP contribution in [0.4, 0.5) is 15.8 Å². The first kappa shape index (κ1) is 14.5. The molecule has 6 heteroatoms. The molecule has 0 saturated carbocycles. The van der Waals surface area contributed by atoms with Crippen molar-refractivity contribution in [2.24, 2.45) is 0 Å². The van der Waals surface area contributed by atoms with Crippen molar-refractivity contribution in [2.45, 2.75) is 6.92 Å². The number of hydrogen-bond acceptors (Lipinski definition) is 4. The summed E-state index contributed by atoms with van der Waals surface area (Å²) >= 11 is 1.67. The van der Waals surface area contributed by atoms with Crippen molar-refractivity contribution in [1.29, 1.82) is 0 Å². The Morgan fingerprint density at radius 3 is 2.94 bits per heavy atom. The van der Waals surface area contributed by atoms with Crippen molar-refractivity contribution in [1.82, 2.24) is 0 Å². The summed E-state index contributed by atoms with van der Waals surface area (Å²) in [6.07, 6.45) is 1.80. The number of benzene rings is 1. The molecule has 0 aliphatic heterocycles. The minimum Gasteiger partial charge on any atom is -0.379 e. The molecule has 0 aliphatic carbocycles. The van der Waals surface area contributed by atoms with Gasteiger partial charge in [0.15, 0.2) is 0 Å². The van der Waals surface area contributed by atoms with Crippen molar-refractivity contribution in [3.8, 4) is 0 Å². The lowest BCUT2D eigenvalue weighted by atomic mass is 10.2. The van der Waals surface area contributed by atoms with Crippen LogP contribution in [-0.4, -0.2) is 23.0 Å². The summed E-state index contributed by atoms with van der Waals surface area (Å²) in [5.74, 6) is 1.08. The van der Waals surface area contributed by atoms with Gasteiger partial charge in [-0.3, -0.25) is 10.1 Å². The summed E-state index contributed by atoms with van der Waals surface area (Å²) in [4.78, 5) is 10.2. The minimum absolute atomic E-state index is 0.230. The fraction of sp³-hybridized carbons (Fsp3) is 0.333. The van der Waals surface area contributed by atoms with Crippen molar-refractivity contribution in [3.63, 3.8) is 0 Å². The van der Waals surface area contributed by atoms with Crippen LogP contribution in [0.5, 0.6) is 0 Å². The normalized spacial score (nSPS) is 10.1. The molecule has 0 aliphatic rings. The van der Waals surface area contributed by atoms with E-state index in [0.29, 0.717) is 17.8 Å². The Hall–Kier alpha value is -1.56. The molecule has 4 nitrogen and oxygen atoms in total. The lowest BCUT2D eigenvalue weighted by Gasteiger charge is -2.08. The molecule has 0 bridgehead atoms. The zero-order valence-electron chi connectivity index (χ0n) is 10.1. The number of anilines is 1. The Labute approximate surface area is 109 Å². The lowest BCUT2D eigenvalue weighted by Crippen LogP contribution is -2.07. The van der Waals surface area contributed by atoms with Crippen molar-refractivity contribution in [3.05, 3.63) is 46.3 Å². The standard InChI is InChI=1S/C12H15FN2O2S/c1-3-5-18-6-4-14-11-7-9(2)10(13)8-12(11)15(16)17/h3,7-8,14H,1,4-6H2,2H3. The van der Waals surface area contributed by atoms with Crippen LogP contribution in [0.1, 0.15) is 5.56 Å². The van der Waals surface area contributed by atoms with Gasteiger partial charge in [0, 0.05) is 18.1 Å². The molecule has 18 heavy (non-hydrogen) atoms. The number of rotatable bonds is 7. The van der Waals surface area contributed by atoms with Crippen LogP contribution in [0.25, 0.3) is 0 Å². The molecular formula is C12H15FN2O2S. The van der Waals surface area contributed by atoms with Crippen LogP contribution in [0, 0.1) is 22.9 Å².